The normalized spacial score (nSPS) is 24.7. The number of amides is 1. The van der Waals surface area contributed by atoms with E-state index in [2.05, 4.69) is 5.32 Å². The van der Waals surface area contributed by atoms with E-state index in [1.807, 2.05) is 35.2 Å². The molecular formula is C23H26N2O4. The van der Waals surface area contributed by atoms with Gasteiger partial charge in [0, 0.05) is 18.8 Å². The van der Waals surface area contributed by atoms with Gasteiger partial charge in [0.15, 0.2) is 0 Å². The lowest BCUT2D eigenvalue weighted by Crippen LogP contribution is -2.39. The summed E-state index contributed by atoms with van der Waals surface area (Å²) >= 11 is 0. The number of carboxylic acid groups (broad SMARTS) is 1. The van der Waals surface area contributed by atoms with Crippen molar-refractivity contribution in [3.63, 3.8) is 0 Å². The summed E-state index contributed by atoms with van der Waals surface area (Å²) in [6.07, 6.45) is 2.54. The van der Waals surface area contributed by atoms with Crippen molar-refractivity contribution in [3.8, 4) is 5.75 Å². The number of aliphatic carboxylic acids is 1. The SMILES string of the molecule is COc1ccc(NC(=O)C(c2ccccc2)N2C[C@@H]3CCC[C@@]3(C(=O)O)C2)cc1. The highest BCUT2D eigenvalue weighted by Crippen LogP contribution is 2.50. The van der Waals surface area contributed by atoms with Crippen LogP contribution in [0.2, 0.25) is 0 Å². The predicted octanol–water partition coefficient (Wildman–Crippen LogP) is 3.56. The Bertz CT molecular complexity index is 884. The highest BCUT2D eigenvalue weighted by Gasteiger charge is 2.56. The van der Waals surface area contributed by atoms with Crippen molar-refractivity contribution < 1.29 is 19.4 Å². The Labute approximate surface area is 170 Å². The van der Waals surface area contributed by atoms with Gasteiger partial charge in [0.1, 0.15) is 11.8 Å². The maximum atomic E-state index is 13.3. The van der Waals surface area contributed by atoms with Gasteiger partial charge in [-0.15, -0.1) is 0 Å². The molecule has 29 heavy (non-hydrogen) atoms. The number of nitrogens with one attached hydrogen (secondary N) is 1. The summed E-state index contributed by atoms with van der Waals surface area (Å²) in [5.41, 5.74) is 0.830. The van der Waals surface area contributed by atoms with Crippen LogP contribution in [0.1, 0.15) is 30.9 Å². The van der Waals surface area contributed by atoms with Gasteiger partial charge in [-0.3, -0.25) is 14.5 Å². The highest BCUT2D eigenvalue weighted by molar-refractivity contribution is 5.95. The molecule has 1 saturated heterocycles. The number of likely N-dealkylation sites (tertiary alicyclic amines) is 1. The molecule has 1 aliphatic heterocycles. The van der Waals surface area contributed by atoms with Crippen LogP contribution >= 0.6 is 0 Å². The van der Waals surface area contributed by atoms with Crippen molar-refractivity contribution >= 4 is 17.6 Å². The van der Waals surface area contributed by atoms with E-state index in [1.165, 1.54) is 0 Å². The largest absolute Gasteiger partial charge is 0.497 e. The third-order valence-corrected chi connectivity index (χ3v) is 6.41. The summed E-state index contributed by atoms with van der Waals surface area (Å²) in [7, 11) is 1.60. The number of carbonyl (C=O) groups excluding carboxylic acids is 1. The minimum Gasteiger partial charge on any atom is -0.497 e. The Balaban J connectivity index is 1.60. The first-order valence-electron chi connectivity index (χ1n) is 10.0. The van der Waals surface area contributed by atoms with Crippen molar-refractivity contribution in [2.45, 2.75) is 25.3 Å². The maximum Gasteiger partial charge on any atom is 0.311 e. The van der Waals surface area contributed by atoms with Gasteiger partial charge in [-0.05, 0) is 48.6 Å². The molecule has 0 bridgehead atoms. The van der Waals surface area contributed by atoms with E-state index in [1.54, 1.807) is 31.4 Å². The third-order valence-electron chi connectivity index (χ3n) is 6.41. The Morgan fingerprint density at radius 3 is 2.52 bits per heavy atom. The molecule has 2 aromatic carbocycles. The first-order valence-corrected chi connectivity index (χ1v) is 10.0. The van der Waals surface area contributed by atoms with Gasteiger partial charge in [-0.2, -0.15) is 0 Å². The first-order chi connectivity index (χ1) is 14.0. The Morgan fingerprint density at radius 1 is 1.17 bits per heavy atom. The number of hydrogen-bond donors (Lipinski definition) is 2. The fraction of sp³-hybridized carbons (Fsp3) is 0.391. The van der Waals surface area contributed by atoms with Crippen LogP contribution in [0.25, 0.3) is 0 Å². The van der Waals surface area contributed by atoms with Gasteiger partial charge >= 0.3 is 5.97 Å². The van der Waals surface area contributed by atoms with Crippen LogP contribution in [0.15, 0.2) is 54.6 Å². The van der Waals surface area contributed by atoms with Crippen LogP contribution in [0.4, 0.5) is 5.69 Å². The van der Waals surface area contributed by atoms with E-state index in [0.29, 0.717) is 25.2 Å². The zero-order valence-corrected chi connectivity index (χ0v) is 16.5. The number of anilines is 1. The number of hydrogen-bond acceptors (Lipinski definition) is 4. The molecule has 4 rings (SSSR count). The van der Waals surface area contributed by atoms with Crippen molar-refractivity contribution in [2.24, 2.45) is 11.3 Å². The number of fused-ring (bicyclic) bond motifs is 1. The minimum absolute atomic E-state index is 0.0972. The van der Waals surface area contributed by atoms with Crippen LogP contribution in [0, 0.1) is 11.3 Å². The fourth-order valence-corrected chi connectivity index (χ4v) is 4.92. The van der Waals surface area contributed by atoms with Gasteiger partial charge in [0.2, 0.25) is 5.91 Å². The second-order valence-electron chi connectivity index (χ2n) is 8.01. The van der Waals surface area contributed by atoms with Crippen LogP contribution in [-0.2, 0) is 9.59 Å². The van der Waals surface area contributed by atoms with Crippen molar-refractivity contribution in [3.05, 3.63) is 60.2 Å². The van der Waals surface area contributed by atoms with E-state index < -0.39 is 17.4 Å². The zero-order chi connectivity index (χ0) is 20.4. The van der Waals surface area contributed by atoms with Crippen molar-refractivity contribution in [2.75, 3.05) is 25.5 Å². The number of nitrogens with zero attached hydrogens (tertiary/aromatic N) is 1. The average molecular weight is 394 g/mol. The zero-order valence-electron chi connectivity index (χ0n) is 16.5. The van der Waals surface area contributed by atoms with Gasteiger partial charge < -0.3 is 15.2 Å². The first kappa shape index (κ1) is 19.5. The van der Waals surface area contributed by atoms with E-state index in [0.717, 1.165) is 24.2 Å². The standard InChI is InChI=1S/C23H26N2O4/c1-29-19-11-9-18(10-12-19)24-21(26)20(16-6-3-2-4-7-16)25-14-17-8-5-13-23(17,15-25)22(27)28/h2-4,6-7,9-12,17,20H,5,8,13-15H2,1H3,(H,24,26)(H,27,28)/t17-,20?,23+/m0/s1. The number of rotatable bonds is 6. The molecule has 1 unspecified atom stereocenters. The van der Waals surface area contributed by atoms with Crippen molar-refractivity contribution in [1.82, 2.24) is 4.90 Å². The molecule has 152 valence electrons. The molecule has 6 nitrogen and oxygen atoms in total. The van der Waals surface area contributed by atoms with Gasteiger partial charge in [-0.25, -0.2) is 0 Å². The molecule has 0 radical (unpaired) electrons. The lowest BCUT2D eigenvalue weighted by molar-refractivity contribution is -0.149. The second-order valence-corrected chi connectivity index (χ2v) is 8.01. The lowest BCUT2D eigenvalue weighted by atomic mass is 9.81. The molecule has 6 heteroatoms. The molecule has 2 aliphatic rings. The van der Waals surface area contributed by atoms with Gasteiger partial charge in [0.25, 0.3) is 0 Å². The number of carbonyl (C=O) groups is 2. The van der Waals surface area contributed by atoms with Crippen LogP contribution in [0.3, 0.4) is 0 Å². The highest BCUT2D eigenvalue weighted by atomic mass is 16.5. The smallest absolute Gasteiger partial charge is 0.311 e. The Kier molecular flexibility index (Phi) is 5.28. The fourth-order valence-electron chi connectivity index (χ4n) is 4.92. The van der Waals surface area contributed by atoms with Crippen LogP contribution < -0.4 is 10.1 Å². The molecule has 2 N–H and O–H groups in total. The summed E-state index contributed by atoms with van der Waals surface area (Å²) in [6.45, 7) is 1.03. The summed E-state index contributed by atoms with van der Waals surface area (Å²) in [6, 6.07) is 16.3. The molecule has 0 aromatic heterocycles. The van der Waals surface area contributed by atoms with Gasteiger partial charge in [0.05, 0.1) is 12.5 Å². The molecule has 2 fully saturated rings. The van der Waals surface area contributed by atoms with Crippen LogP contribution in [-0.4, -0.2) is 42.1 Å². The number of methoxy groups -OCH3 is 1. The molecule has 3 atom stereocenters. The van der Waals surface area contributed by atoms with E-state index in [9.17, 15) is 14.7 Å². The third kappa shape index (κ3) is 3.60. The summed E-state index contributed by atoms with van der Waals surface area (Å²) in [5, 5.41) is 12.9. The number of ether oxygens (including phenoxy) is 1. The minimum atomic E-state index is -0.732. The van der Waals surface area contributed by atoms with E-state index in [4.69, 9.17) is 4.74 Å². The summed E-state index contributed by atoms with van der Waals surface area (Å²) in [5.74, 6) is -0.0647. The molecule has 2 aromatic rings. The molecule has 1 aliphatic carbocycles. The lowest BCUT2D eigenvalue weighted by Gasteiger charge is -2.29. The maximum absolute atomic E-state index is 13.3. The summed E-state index contributed by atoms with van der Waals surface area (Å²) < 4.78 is 5.17. The summed E-state index contributed by atoms with van der Waals surface area (Å²) in [4.78, 5) is 27.5. The molecule has 0 spiro atoms. The predicted molar refractivity (Wildman–Crippen MR) is 110 cm³/mol. The molecule has 1 saturated carbocycles. The Hall–Kier alpha value is -2.86. The quantitative estimate of drug-likeness (QED) is 0.783. The molecule has 1 amide bonds. The van der Waals surface area contributed by atoms with E-state index >= 15 is 0 Å². The van der Waals surface area contributed by atoms with E-state index in [-0.39, 0.29) is 11.8 Å². The van der Waals surface area contributed by atoms with Gasteiger partial charge in [-0.1, -0.05) is 36.8 Å². The Morgan fingerprint density at radius 2 is 1.90 bits per heavy atom. The monoisotopic (exact) mass is 394 g/mol. The van der Waals surface area contributed by atoms with Crippen LogP contribution in [0.5, 0.6) is 5.75 Å². The number of carboxylic acids is 1. The topological polar surface area (TPSA) is 78.9 Å². The molecule has 1 heterocycles. The van der Waals surface area contributed by atoms with Crippen molar-refractivity contribution in [1.29, 1.82) is 0 Å². The second kappa shape index (κ2) is 7.87. The number of benzene rings is 2. The molecular weight excluding hydrogens is 368 g/mol. The average Bonchev–Trinajstić information content (AvgIpc) is 3.28.